The Kier molecular flexibility index (Phi) is 6.84. The number of nitrogens with one attached hydrogen (secondary N) is 1. The highest BCUT2D eigenvalue weighted by Gasteiger charge is 2.37. The Balaban J connectivity index is 1.52. The van der Waals surface area contributed by atoms with E-state index in [4.69, 9.17) is 0 Å². The van der Waals surface area contributed by atoms with Gasteiger partial charge in [0.05, 0.1) is 11.1 Å². The number of halogens is 5. The number of benzene rings is 2. The first-order valence-corrected chi connectivity index (χ1v) is 12.9. The SMILES string of the molecule is CSN1CCN(c2cc3[nH]nc(-c4cc(C(F)(F)F)c(F)c(C)c4F)c3cn2)C(Cc2ccccc2)C1. The fraction of sp³-hybridized carbons (Fsp3) is 0.308. The maximum Gasteiger partial charge on any atom is 0.419 e. The molecular weight excluding hydrogens is 509 g/mol. The van der Waals surface area contributed by atoms with E-state index in [-0.39, 0.29) is 11.7 Å². The number of hydrogen-bond acceptors (Lipinski definition) is 5. The number of aromatic amines is 1. The van der Waals surface area contributed by atoms with Crippen LogP contribution in [0.25, 0.3) is 22.2 Å². The van der Waals surface area contributed by atoms with Crippen LogP contribution in [0.15, 0.2) is 48.7 Å². The van der Waals surface area contributed by atoms with Crippen molar-refractivity contribution in [2.75, 3.05) is 30.8 Å². The summed E-state index contributed by atoms with van der Waals surface area (Å²) in [6, 6.07) is 12.5. The van der Waals surface area contributed by atoms with Crippen molar-refractivity contribution in [3.05, 3.63) is 77.0 Å². The number of pyridine rings is 1. The van der Waals surface area contributed by atoms with Gasteiger partial charge in [0.2, 0.25) is 0 Å². The molecule has 5 rings (SSSR count). The molecule has 194 valence electrons. The Morgan fingerprint density at radius 2 is 1.84 bits per heavy atom. The molecule has 2 aromatic heterocycles. The van der Waals surface area contributed by atoms with Crippen LogP contribution in [0.2, 0.25) is 0 Å². The predicted molar refractivity (Wildman–Crippen MR) is 135 cm³/mol. The second-order valence-corrected chi connectivity index (χ2v) is 9.87. The second kappa shape index (κ2) is 9.94. The zero-order valence-corrected chi connectivity index (χ0v) is 20.9. The lowest BCUT2D eigenvalue weighted by molar-refractivity contribution is -0.140. The first-order chi connectivity index (χ1) is 17.7. The molecule has 3 heterocycles. The highest BCUT2D eigenvalue weighted by atomic mass is 32.2. The van der Waals surface area contributed by atoms with E-state index in [1.54, 1.807) is 18.0 Å². The molecule has 1 aliphatic heterocycles. The Bertz CT molecular complexity index is 1420. The molecule has 5 nitrogen and oxygen atoms in total. The summed E-state index contributed by atoms with van der Waals surface area (Å²) in [6.07, 6.45) is -0.630. The lowest BCUT2D eigenvalue weighted by atomic mass is 10.00. The van der Waals surface area contributed by atoms with Crippen molar-refractivity contribution in [1.29, 1.82) is 0 Å². The van der Waals surface area contributed by atoms with E-state index in [0.29, 0.717) is 22.8 Å². The van der Waals surface area contributed by atoms with Crippen LogP contribution >= 0.6 is 11.9 Å². The lowest BCUT2D eigenvalue weighted by Crippen LogP contribution is -2.52. The van der Waals surface area contributed by atoms with E-state index >= 15 is 0 Å². The zero-order chi connectivity index (χ0) is 26.3. The summed E-state index contributed by atoms with van der Waals surface area (Å²) in [5.74, 6) is -2.02. The molecule has 1 fully saturated rings. The molecule has 4 aromatic rings. The molecule has 0 aliphatic carbocycles. The molecule has 1 N–H and O–H groups in total. The summed E-state index contributed by atoms with van der Waals surface area (Å²) >= 11 is 1.69. The van der Waals surface area contributed by atoms with Gasteiger partial charge in [-0.1, -0.05) is 42.3 Å². The maximum atomic E-state index is 14.9. The summed E-state index contributed by atoms with van der Waals surface area (Å²) in [5, 5.41) is 7.24. The molecular formula is C26H24F5N5S. The quantitative estimate of drug-likeness (QED) is 0.243. The van der Waals surface area contributed by atoms with Crippen LogP contribution in [0.5, 0.6) is 0 Å². The number of H-pyrrole nitrogens is 1. The summed E-state index contributed by atoms with van der Waals surface area (Å²) < 4.78 is 71.6. The third-order valence-electron chi connectivity index (χ3n) is 6.73. The average Bonchev–Trinajstić information content (AvgIpc) is 3.30. The average molecular weight is 534 g/mol. The van der Waals surface area contributed by atoms with Gasteiger partial charge in [-0.3, -0.25) is 5.10 Å². The van der Waals surface area contributed by atoms with Crippen molar-refractivity contribution in [3.8, 4) is 11.3 Å². The van der Waals surface area contributed by atoms with Crippen molar-refractivity contribution in [2.45, 2.75) is 25.6 Å². The Labute approximate surface area is 214 Å². The minimum atomic E-state index is -4.97. The fourth-order valence-electron chi connectivity index (χ4n) is 4.77. The Morgan fingerprint density at radius 1 is 1.08 bits per heavy atom. The minimum absolute atomic E-state index is 0.0480. The Hall–Kier alpha value is -3.18. The van der Waals surface area contributed by atoms with Crippen LogP contribution in [0, 0.1) is 18.6 Å². The topological polar surface area (TPSA) is 48.0 Å². The number of fused-ring (bicyclic) bond motifs is 1. The number of anilines is 1. The largest absolute Gasteiger partial charge is 0.419 e. The number of nitrogens with zero attached hydrogens (tertiary/aromatic N) is 4. The van der Waals surface area contributed by atoms with Crippen molar-refractivity contribution in [3.63, 3.8) is 0 Å². The van der Waals surface area contributed by atoms with Crippen molar-refractivity contribution >= 4 is 28.7 Å². The molecule has 37 heavy (non-hydrogen) atoms. The third-order valence-corrected chi connectivity index (χ3v) is 7.57. The van der Waals surface area contributed by atoms with Crippen molar-refractivity contribution in [1.82, 2.24) is 19.5 Å². The smallest absolute Gasteiger partial charge is 0.351 e. The molecule has 1 aliphatic rings. The molecule has 1 atom stereocenters. The zero-order valence-electron chi connectivity index (χ0n) is 20.1. The van der Waals surface area contributed by atoms with Crippen LogP contribution < -0.4 is 4.90 Å². The van der Waals surface area contributed by atoms with Gasteiger partial charge < -0.3 is 4.90 Å². The second-order valence-electron chi connectivity index (χ2n) is 8.99. The number of rotatable bonds is 5. The molecule has 1 saturated heterocycles. The van der Waals surface area contributed by atoms with Gasteiger partial charge in [0.1, 0.15) is 23.1 Å². The van der Waals surface area contributed by atoms with Crippen LogP contribution in [0.1, 0.15) is 16.7 Å². The Morgan fingerprint density at radius 3 is 2.54 bits per heavy atom. The molecule has 0 amide bonds. The number of hydrogen-bond donors (Lipinski definition) is 1. The van der Waals surface area contributed by atoms with Gasteiger partial charge in [0, 0.05) is 54.5 Å². The van der Waals surface area contributed by atoms with Gasteiger partial charge >= 0.3 is 6.18 Å². The lowest BCUT2D eigenvalue weighted by Gasteiger charge is -2.41. The summed E-state index contributed by atoms with van der Waals surface area (Å²) in [6.45, 7) is 3.37. The normalized spacial score (nSPS) is 17.1. The number of alkyl halides is 3. The summed E-state index contributed by atoms with van der Waals surface area (Å²) in [4.78, 5) is 6.81. The molecule has 11 heteroatoms. The van der Waals surface area contributed by atoms with Crippen LogP contribution in [-0.4, -0.2) is 51.4 Å². The number of aromatic nitrogens is 3. The predicted octanol–water partition coefficient (Wildman–Crippen LogP) is 6.24. The van der Waals surface area contributed by atoms with Crippen LogP contribution in [0.4, 0.5) is 27.8 Å². The van der Waals surface area contributed by atoms with E-state index in [2.05, 4.69) is 36.5 Å². The monoisotopic (exact) mass is 533 g/mol. The molecule has 0 saturated carbocycles. The maximum absolute atomic E-state index is 14.9. The molecule has 1 unspecified atom stereocenters. The molecule has 0 bridgehead atoms. The van der Waals surface area contributed by atoms with Crippen molar-refractivity contribution < 1.29 is 22.0 Å². The minimum Gasteiger partial charge on any atom is -0.351 e. The summed E-state index contributed by atoms with van der Waals surface area (Å²) in [5.41, 5.74) is -1.01. The highest BCUT2D eigenvalue weighted by molar-refractivity contribution is 7.96. The van der Waals surface area contributed by atoms with Gasteiger partial charge in [-0.05, 0) is 31.2 Å². The van der Waals surface area contributed by atoms with E-state index in [0.717, 1.165) is 33.0 Å². The first-order valence-electron chi connectivity index (χ1n) is 11.7. The van der Waals surface area contributed by atoms with Crippen molar-refractivity contribution in [2.24, 2.45) is 0 Å². The molecule has 2 aromatic carbocycles. The van der Waals surface area contributed by atoms with Gasteiger partial charge in [-0.25, -0.2) is 18.1 Å². The van der Waals surface area contributed by atoms with E-state index < -0.39 is 34.5 Å². The first kappa shape index (κ1) is 25.5. The van der Waals surface area contributed by atoms with E-state index in [1.807, 2.05) is 24.5 Å². The van der Waals surface area contributed by atoms with Gasteiger partial charge in [0.15, 0.2) is 0 Å². The van der Waals surface area contributed by atoms with Gasteiger partial charge in [-0.2, -0.15) is 18.3 Å². The summed E-state index contributed by atoms with van der Waals surface area (Å²) in [7, 11) is 0. The standard InChI is InChI=1S/C26H24F5N5S/c1-15-23(27)18(11-20(24(15)28)26(29,30)31)25-19-13-32-22(12-21(19)33-34-25)36-9-8-35(37-2)14-17(36)10-16-6-4-3-5-7-16/h3-7,11-13,17H,8-10,14H2,1-2H3,(H,33,34). The fourth-order valence-corrected chi connectivity index (χ4v) is 5.35. The molecule has 0 spiro atoms. The molecule has 0 radical (unpaired) electrons. The van der Waals surface area contributed by atoms with E-state index in [9.17, 15) is 22.0 Å². The highest BCUT2D eigenvalue weighted by Crippen LogP contribution is 2.39. The van der Waals surface area contributed by atoms with E-state index in [1.165, 1.54) is 11.8 Å². The number of piperazine rings is 1. The third kappa shape index (κ3) is 4.89. The van der Waals surface area contributed by atoms with Crippen LogP contribution in [0.3, 0.4) is 0 Å². The van der Waals surface area contributed by atoms with Gasteiger partial charge in [-0.15, -0.1) is 0 Å². The van der Waals surface area contributed by atoms with Gasteiger partial charge in [0.25, 0.3) is 0 Å². The van der Waals surface area contributed by atoms with Crippen LogP contribution in [-0.2, 0) is 12.6 Å².